The van der Waals surface area contributed by atoms with E-state index in [0.717, 1.165) is 15.8 Å². The van der Waals surface area contributed by atoms with E-state index in [1.807, 2.05) is 6.92 Å². The topological polar surface area (TPSA) is 84.9 Å². The molecule has 0 unspecified atom stereocenters. The maximum absolute atomic E-state index is 13.0. The predicted molar refractivity (Wildman–Crippen MR) is 112 cm³/mol. The molecule has 1 N–H and O–H groups in total. The first-order chi connectivity index (χ1) is 13.9. The summed E-state index contributed by atoms with van der Waals surface area (Å²) in [6.45, 7) is 2.49. The van der Waals surface area contributed by atoms with Crippen LogP contribution in [0.15, 0.2) is 52.5 Å². The number of benzene rings is 2. The maximum Gasteiger partial charge on any atom is 0.335 e. The number of methoxy groups -OCH3 is 1. The minimum absolute atomic E-state index is 0.141. The highest BCUT2D eigenvalue weighted by Crippen LogP contribution is 2.33. The molecule has 8 heteroatoms. The van der Waals surface area contributed by atoms with E-state index in [1.165, 1.54) is 19.3 Å². The van der Waals surface area contributed by atoms with Crippen LogP contribution in [-0.2, 0) is 9.59 Å². The minimum atomic E-state index is -0.822. The van der Waals surface area contributed by atoms with Crippen molar-refractivity contribution < 1.29 is 23.9 Å². The molecule has 0 radical (unpaired) electrons. The summed E-state index contributed by atoms with van der Waals surface area (Å²) in [4.78, 5) is 38.5. The second-order valence-electron chi connectivity index (χ2n) is 6.19. The normalized spacial score (nSPS) is 15.5. The van der Waals surface area contributed by atoms with Crippen LogP contribution in [0.1, 0.15) is 18.9 Å². The predicted octanol–water partition coefficient (Wildman–Crippen LogP) is 3.91. The molecular weight excluding hydrogens is 440 g/mol. The van der Waals surface area contributed by atoms with Gasteiger partial charge in [0, 0.05) is 10.5 Å². The third-order valence-electron chi connectivity index (χ3n) is 4.15. The number of imide groups is 2. The maximum atomic E-state index is 13.0. The van der Waals surface area contributed by atoms with Gasteiger partial charge in [0.25, 0.3) is 11.8 Å². The summed E-state index contributed by atoms with van der Waals surface area (Å²) in [5.74, 6) is -0.573. The van der Waals surface area contributed by atoms with Gasteiger partial charge in [0.05, 0.1) is 19.4 Å². The Balaban J connectivity index is 1.96. The smallest absolute Gasteiger partial charge is 0.335 e. The average Bonchev–Trinajstić information content (AvgIpc) is 2.71. The molecule has 0 aromatic heterocycles. The number of urea groups is 1. The lowest BCUT2D eigenvalue weighted by molar-refractivity contribution is -0.122. The molecule has 4 amide bonds. The molecule has 0 aliphatic carbocycles. The van der Waals surface area contributed by atoms with Gasteiger partial charge in [-0.15, -0.1) is 0 Å². The zero-order valence-corrected chi connectivity index (χ0v) is 17.5. The molecule has 2 aromatic rings. The van der Waals surface area contributed by atoms with E-state index in [2.05, 4.69) is 21.2 Å². The highest BCUT2D eigenvalue weighted by atomic mass is 79.9. The third-order valence-corrected chi connectivity index (χ3v) is 4.68. The van der Waals surface area contributed by atoms with E-state index in [0.29, 0.717) is 23.7 Å². The van der Waals surface area contributed by atoms with E-state index in [-0.39, 0.29) is 11.3 Å². The molecule has 2 aromatic carbocycles. The molecule has 0 atom stereocenters. The summed E-state index contributed by atoms with van der Waals surface area (Å²) >= 11 is 3.34. The van der Waals surface area contributed by atoms with E-state index >= 15 is 0 Å². The van der Waals surface area contributed by atoms with Crippen LogP contribution < -0.4 is 19.7 Å². The lowest BCUT2D eigenvalue weighted by Gasteiger charge is -2.27. The Kier molecular flexibility index (Phi) is 6.33. The molecule has 1 heterocycles. The van der Waals surface area contributed by atoms with Gasteiger partial charge >= 0.3 is 6.03 Å². The van der Waals surface area contributed by atoms with Crippen LogP contribution >= 0.6 is 15.9 Å². The van der Waals surface area contributed by atoms with E-state index in [4.69, 9.17) is 9.47 Å². The van der Waals surface area contributed by atoms with Crippen LogP contribution in [0, 0.1) is 0 Å². The van der Waals surface area contributed by atoms with Crippen molar-refractivity contribution in [2.24, 2.45) is 0 Å². The van der Waals surface area contributed by atoms with Gasteiger partial charge in [-0.25, -0.2) is 9.69 Å². The Morgan fingerprint density at radius 2 is 1.79 bits per heavy atom. The standard InChI is InChI=1S/C21H19BrN2O5/c1-3-10-29-17-9-8-15(12-18(17)28-2)24-20(26)16(19(25)23-21(24)27)11-13-4-6-14(22)7-5-13/h4-9,11-12H,3,10H2,1-2H3,(H,23,25,27)/b16-11+. The number of carbonyl (C=O) groups excluding carboxylic acids is 3. The van der Waals surface area contributed by atoms with E-state index in [1.54, 1.807) is 36.4 Å². The molecule has 1 aliphatic rings. The first kappa shape index (κ1) is 20.6. The van der Waals surface area contributed by atoms with Crippen molar-refractivity contribution in [3.05, 3.63) is 58.1 Å². The van der Waals surface area contributed by atoms with Crippen molar-refractivity contribution in [3.63, 3.8) is 0 Å². The van der Waals surface area contributed by atoms with Gasteiger partial charge in [-0.2, -0.15) is 0 Å². The highest BCUT2D eigenvalue weighted by Gasteiger charge is 2.37. The monoisotopic (exact) mass is 458 g/mol. The van der Waals surface area contributed by atoms with Crippen molar-refractivity contribution in [2.75, 3.05) is 18.6 Å². The van der Waals surface area contributed by atoms with Crippen molar-refractivity contribution in [3.8, 4) is 11.5 Å². The summed E-state index contributed by atoms with van der Waals surface area (Å²) in [5.41, 5.74) is 0.779. The van der Waals surface area contributed by atoms with Crippen molar-refractivity contribution in [2.45, 2.75) is 13.3 Å². The first-order valence-corrected chi connectivity index (χ1v) is 9.71. The fourth-order valence-electron chi connectivity index (χ4n) is 2.74. The summed E-state index contributed by atoms with van der Waals surface area (Å²) in [5, 5.41) is 2.20. The third kappa shape index (κ3) is 4.48. The first-order valence-electron chi connectivity index (χ1n) is 8.92. The highest BCUT2D eigenvalue weighted by molar-refractivity contribution is 9.10. The zero-order valence-electron chi connectivity index (χ0n) is 15.9. The second-order valence-corrected chi connectivity index (χ2v) is 7.11. The number of nitrogens with one attached hydrogen (secondary N) is 1. The van der Waals surface area contributed by atoms with E-state index in [9.17, 15) is 14.4 Å². The molecule has 0 bridgehead atoms. The van der Waals surface area contributed by atoms with Crippen molar-refractivity contribution in [1.82, 2.24) is 5.32 Å². The Labute approximate surface area is 176 Å². The number of nitrogens with zero attached hydrogens (tertiary/aromatic N) is 1. The van der Waals surface area contributed by atoms with E-state index < -0.39 is 17.8 Å². The Bertz CT molecular complexity index is 985. The SMILES string of the molecule is CCCOc1ccc(N2C(=O)NC(=O)/C(=C\c3ccc(Br)cc3)C2=O)cc1OC. The minimum Gasteiger partial charge on any atom is -0.493 e. The van der Waals surface area contributed by atoms with Crippen LogP contribution in [0.3, 0.4) is 0 Å². The number of barbiturate groups is 1. The quantitative estimate of drug-likeness (QED) is 0.523. The van der Waals surface area contributed by atoms with Gasteiger partial charge < -0.3 is 9.47 Å². The van der Waals surface area contributed by atoms with Crippen LogP contribution in [0.2, 0.25) is 0 Å². The van der Waals surface area contributed by atoms with Gasteiger partial charge in [0.2, 0.25) is 0 Å². The summed E-state index contributed by atoms with van der Waals surface area (Å²) in [7, 11) is 1.47. The molecule has 1 saturated heterocycles. The van der Waals surface area contributed by atoms with Gasteiger partial charge in [-0.1, -0.05) is 35.0 Å². The Hall–Kier alpha value is -3.13. The lowest BCUT2D eigenvalue weighted by atomic mass is 10.1. The number of halogens is 1. The number of rotatable bonds is 6. The number of ether oxygens (including phenoxy) is 2. The van der Waals surface area contributed by atoms with Gasteiger partial charge in [0.1, 0.15) is 5.57 Å². The molecule has 1 fully saturated rings. The average molecular weight is 459 g/mol. The number of carbonyl (C=O) groups is 3. The molecule has 29 heavy (non-hydrogen) atoms. The molecule has 0 saturated carbocycles. The molecule has 0 spiro atoms. The number of amides is 4. The van der Waals surface area contributed by atoms with Crippen LogP contribution in [-0.4, -0.2) is 31.6 Å². The van der Waals surface area contributed by atoms with Gasteiger partial charge in [-0.05, 0) is 42.3 Å². The summed E-state index contributed by atoms with van der Waals surface area (Å²) < 4.78 is 11.8. The molecule has 7 nitrogen and oxygen atoms in total. The molecular formula is C21H19BrN2O5. The number of hydrogen-bond donors (Lipinski definition) is 1. The fourth-order valence-corrected chi connectivity index (χ4v) is 3.01. The fraction of sp³-hybridized carbons (Fsp3) is 0.190. The summed E-state index contributed by atoms with van der Waals surface area (Å²) in [6.07, 6.45) is 2.27. The van der Waals surface area contributed by atoms with Gasteiger partial charge in [-0.3, -0.25) is 14.9 Å². The van der Waals surface area contributed by atoms with Crippen molar-refractivity contribution >= 4 is 45.5 Å². The molecule has 150 valence electrons. The Morgan fingerprint density at radius 3 is 2.45 bits per heavy atom. The summed E-state index contributed by atoms with van der Waals surface area (Å²) in [6, 6.07) is 11.0. The van der Waals surface area contributed by atoms with Gasteiger partial charge in [0.15, 0.2) is 11.5 Å². The second kappa shape index (κ2) is 8.91. The number of hydrogen-bond acceptors (Lipinski definition) is 5. The molecule has 1 aliphatic heterocycles. The number of anilines is 1. The van der Waals surface area contributed by atoms with Crippen molar-refractivity contribution in [1.29, 1.82) is 0 Å². The van der Waals surface area contributed by atoms with Crippen LogP contribution in [0.4, 0.5) is 10.5 Å². The zero-order chi connectivity index (χ0) is 21.0. The van der Waals surface area contributed by atoms with Crippen LogP contribution in [0.5, 0.6) is 11.5 Å². The largest absolute Gasteiger partial charge is 0.493 e. The van der Waals surface area contributed by atoms with Crippen LogP contribution in [0.25, 0.3) is 6.08 Å². The lowest BCUT2D eigenvalue weighted by Crippen LogP contribution is -2.54. The Morgan fingerprint density at radius 1 is 1.07 bits per heavy atom. The molecule has 3 rings (SSSR count).